The van der Waals surface area contributed by atoms with Gasteiger partial charge in [0.25, 0.3) is 0 Å². The molecule has 1 aliphatic heterocycles. The van der Waals surface area contributed by atoms with E-state index in [2.05, 4.69) is 29.1 Å². The minimum Gasteiger partial charge on any atom is -0.440 e. The van der Waals surface area contributed by atoms with Crippen molar-refractivity contribution in [3.63, 3.8) is 0 Å². The first kappa shape index (κ1) is 15.4. The van der Waals surface area contributed by atoms with Gasteiger partial charge >= 0.3 is 0 Å². The number of nitrogens with zero attached hydrogens (tertiary/aromatic N) is 4. The molecule has 0 bridgehead atoms. The lowest BCUT2D eigenvalue weighted by Crippen LogP contribution is -2.34. The molecule has 0 radical (unpaired) electrons. The Hall–Kier alpha value is -2.14. The molecule has 1 aliphatic rings. The van der Waals surface area contributed by atoms with Crippen LogP contribution in [0.4, 0.5) is 0 Å². The Morgan fingerprint density at radius 2 is 2.04 bits per heavy atom. The van der Waals surface area contributed by atoms with Gasteiger partial charge in [-0.05, 0) is 50.6 Å². The van der Waals surface area contributed by atoms with E-state index in [0.717, 1.165) is 55.9 Å². The van der Waals surface area contributed by atoms with Crippen LogP contribution in [0, 0.1) is 6.92 Å². The fraction of sp³-hybridized carbons (Fsp3) is 0.474. The van der Waals surface area contributed by atoms with Gasteiger partial charge in [-0.1, -0.05) is 12.1 Å². The van der Waals surface area contributed by atoms with E-state index >= 15 is 0 Å². The predicted molar refractivity (Wildman–Crippen MR) is 94.1 cm³/mol. The molecule has 5 heteroatoms. The Bertz CT molecular complexity index is 827. The number of likely N-dealkylation sites (tertiary alicyclic amines) is 1. The van der Waals surface area contributed by atoms with Gasteiger partial charge in [-0.3, -0.25) is 4.68 Å². The minimum absolute atomic E-state index is 0.449. The third kappa shape index (κ3) is 2.96. The summed E-state index contributed by atoms with van der Waals surface area (Å²) in [5.74, 6) is 1.37. The maximum Gasteiger partial charge on any atom is 0.198 e. The van der Waals surface area contributed by atoms with Crippen molar-refractivity contribution < 1.29 is 4.42 Å². The van der Waals surface area contributed by atoms with E-state index < -0.39 is 0 Å². The van der Waals surface area contributed by atoms with E-state index in [1.165, 1.54) is 11.3 Å². The summed E-state index contributed by atoms with van der Waals surface area (Å²) in [7, 11) is 2.01. The lowest BCUT2D eigenvalue weighted by molar-refractivity contribution is 0.202. The predicted octanol–water partition coefficient (Wildman–Crippen LogP) is 3.29. The van der Waals surface area contributed by atoms with E-state index in [-0.39, 0.29) is 0 Å². The SMILES string of the molecule is Cc1cccc2nc(C3CCN(CCc4ccnn4C)CC3)oc12. The average Bonchev–Trinajstić information content (AvgIpc) is 3.20. The van der Waals surface area contributed by atoms with Gasteiger partial charge in [0.1, 0.15) is 5.52 Å². The Labute approximate surface area is 142 Å². The largest absolute Gasteiger partial charge is 0.440 e. The monoisotopic (exact) mass is 324 g/mol. The molecule has 126 valence electrons. The summed E-state index contributed by atoms with van der Waals surface area (Å²) in [6.07, 6.45) is 5.18. The number of fused-ring (bicyclic) bond motifs is 1. The van der Waals surface area contributed by atoms with Crippen LogP contribution in [0.25, 0.3) is 11.1 Å². The van der Waals surface area contributed by atoms with Crippen LogP contribution in [0.5, 0.6) is 0 Å². The Kier molecular flexibility index (Phi) is 4.10. The maximum absolute atomic E-state index is 6.07. The van der Waals surface area contributed by atoms with Crippen molar-refractivity contribution >= 4 is 11.1 Å². The molecule has 0 atom stereocenters. The lowest BCUT2D eigenvalue weighted by atomic mass is 9.96. The van der Waals surface area contributed by atoms with Crippen LogP contribution in [0.2, 0.25) is 0 Å². The van der Waals surface area contributed by atoms with Crippen molar-refractivity contribution in [1.82, 2.24) is 19.7 Å². The summed E-state index contributed by atoms with van der Waals surface area (Å²) in [6, 6.07) is 8.27. The zero-order chi connectivity index (χ0) is 16.5. The molecule has 0 spiro atoms. The minimum atomic E-state index is 0.449. The topological polar surface area (TPSA) is 47.1 Å². The zero-order valence-electron chi connectivity index (χ0n) is 14.4. The van der Waals surface area contributed by atoms with Crippen LogP contribution >= 0.6 is 0 Å². The van der Waals surface area contributed by atoms with E-state index in [9.17, 15) is 0 Å². The smallest absolute Gasteiger partial charge is 0.198 e. The molecule has 24 heavy (non-hydrogen) atoms. The number of hydrogen-bond acceptors (Lipinski definition) is 4. The molecule has 5 nitrogen and oxygen atoms in total. The fourth-order valence-electron chi connectivity index (χ4n) is 3.60. The summed E-state index contributed by atoms with van der Waals surface area (Å²) < 4.78 is 8.03. The average molecular weight is 324 g/mol. The lowest BCUT2D eigenvalue weighted by Gasteiger charge is -2.30. The first-order valence-electron chi connectivity index (χ1n) is 8.76. The number of rotatable bonds is 4. The number of para-hydroxylation sites is 1. The van der Waals surface area contributed by atoms with Gasteiger partial charge in [0.2, 0.25) is 0 Å². The van der Waals surface area contributed by atoms with Crippen molar-refractivity contribution in [3.05, 3.63) is 47.6 Å². The first-order chi connectivity index (χ1) is 11.7. The second-order valence-electron chi connectivity index (χ2n) is 6.79. The number of aromatic nitrogens is 3. The third-order valence-electron chi connectivity index (χ3n) is 5.17. The van der Waals surface area contributed by atoms with Gasteiger partial charge in [0, 0.05) is 37.8 Å². The van der Waals surface area contributed by atoms with E-state index in [4.69, 9.17) is 9.40 Å². The molecule has 0 aliphatic carbocycles. The van der Waals surface area contributed by atoms with Gasteiger partial charge < -0.3 is 9.32 Å². The van der Waals surface area contributed by atoms with Crippen molar-refractivity contribution in [2.75, 3.05) is 19.6 Å². The second-order valence-corrected chi connectivity index (χ2v) is 6.79. The molecule has 3 aromatic rings. The van der Waals surface area contributed by atoms with Gasteiger partial charge in [0.05, 0.1) is 0 Å². The van der Waals surface area contributed by atoms with Crippen LogP contribution < -0.4 is 0 Å². The van der Waals surface area contributed by atoms with Crippen LogP contribution in [-0.2, 0) is 13.5 Å². The first-order valence-corrected chi connectivity index (χ1v) is 8.76. The highest BCUT2D eigenvalue weighted by atomic mass is 16.3. The van der Waals surface area contributed by atoms with Crippen molar-refractivity contribution in [2.45, 2.75) is 32.1 Å². The molecule has 0 unspecified atom stereocenters. The highest BCUT2D eigenvalue weighted by Gasteiger charge is 2.24. The number of benzene rings is 1. The van der Waals surface area contributed by atoms with Gasteiger partial charge in [0.15, 0.2) is 11.5 Å². The Morgan fingerprint density at radius 1 is 1.21 bits per heavy atom. The normalized spacial score (nSPS) is 16.9. The van der Waals surface area contributed by atoms with Gasteiger partial charge in [-0.25, -0.2) is 4.98 Å². The second kappa shape index (κ2) is 6.40. The van der Waals surface area contributed by atoms with Crippen molar-refractivity contribution in [2.24, 2.45) is 7.05 Å². The van der Waals surface area contributed by atoms with E-state index in [1.807, 2.05) is 30.1 Å². The number of oxazole rings is 1. The van der Waals surface area contributed by atoms with Crippen LogP contribution in [0.1, 0.15) is 35.9 Å². The summed E-state index contributed by atoms with van der Waals surface area (Å²) in [4.78, 5) is 7.26. The standard InChI is InChI=1S/C19H24N4O/c1-14-4-3-5-17-18(14)24-19(21-17)15-7-11-23(12-8-15)13-9-16-6-10-20-22(16)2/h3-6,10,15H,7-9,11-13H2,1-2H3. The van der Waals surface area contributed by atoms with E-state index in [1.54, 1.807) is 0 Å². The molecule has 0 saturated carbocycles. The zero-order valence-corrected chi connectivity index (χ0v) is 14.4. The van der Waals surface area contributed by atoms with Crippen molar-refractivity contribution in [3.8, 4) is 0 Å². The Morgan fingerprint density at radius 3 is 2.75 bits per heavy atom. The maximum atomic E-state index is 6.07. The number of hydrogen-bond donors (Lipinski definition) is 0. The summed E-state index contributed by atoms with van der Waals surface area (Å²) in [5.41, 5.74) is 4.40. The molecular weight excluding hydrogens is 300 g/mol. The molecule has 2 aromatic heterocycles. The number of aryl methyl sites for hydroxylation is 2. The Balaban J connectivity index is 1.37. The van der Waals surface area contributed by atoms with E-state index in [0.29, 0.717) is 5.92 Å². The molecule has 0 amide bonds. The molecule has 1 saturated heterocycles. The molecule has 0 N–H and O–H groups in total. The summed E-state index contributed by atoms with van der Waals surface area (Å²) in [5, 5.41) is 4.24. The van der Waals surface area contributed by atoms with Crippen LogP contribution in [0.3, 0.4) is 0 Å². The highest BCUT2D eigenvalue weighted by molar-refractivity contribution is 5.76. The molecule has 1 fully saturated rings. The van der Waals surface area contributed by atoms with Crippen LogP contribution in [-0.4, -0.2) is 39.3 Å². The van der Waals surface area contributed by atoms with Crippen LogP contribution in [0.15, 0.2) is 34.9 Å². The summed E-state index contributed by atoms with van der Waals surface area (Å²) >= 11 is 0. The molecule has 4 rings (SSSR count). The van der Waals surface area contributed by atoms with Crippen molar-refractivity contribution in [1.29, 1.82) is 0 Å². The summed E-state index contributed by atoms with van der Waals surface area (Å²) in [6.45, 7) is 5.40. The quantitative estimate of drug-likeness (QED) is 0.739. The highest BCUT2D eigenvalue weighted by Crippen LogP contribution is 2.30. The van der Waals surface area contributed by atoms with Gasteiger partial charge in [-0.2, -0.15) is 5.10 Å². The molecular formula is C19H24N4O. The fourth-order valence-corrected chi connectivity index (χ4v) is 3.60. The third-order valence-corrected chi connectivity index (χ3v) is 5.17. The van der Waals surface area contributed by atoms with Gasteiger partial charge in [-0.15, -0.1) is 0 Å². The number of piperidine rings is 1. The molecule has 3 heterocycles. The molecule has 1 aromatic carbocycles.